The topological polar surface area (TPSA) is 61.0 Å². The van der Waals surface area contributed by atoms with E-state index in [-0.39, 0.29) is 11.6 Å². The summed E-state index contributed by atoms with van der Waals surface area (Å²) >= 11 is 0. The van der Waals surface area contributed by atoms with Crippen molar-refractivity contribution in [3.63, 3.8) is 0 Å². The fourth-order valence-electron chi connectivity index (χ4n) is 1.77. The average molecular weight is 269 g/mol. The summed E-state index contributed by atoms with van der Waals surface area (Å²) in [6.45, 7) is 0. The summed E-state index contributed by atoms with van der Waals surface area (Å²) in [7, 11) is 1.60. The molecule has 0 fully saturated rings. The van der Waals surface area contributed by atoms with Crippen molar-refractivity contribution in [1.29, 1.82) is 0 Å². The van der Waals surface area contributed by atoms with E-state index in [0.29, 0.717) is 5.76 Å². The molecule has 0 amide bonds. The van der Waals surface area contributed by atoms with Crippen molar-refractivity contribution in [2.75, 3.05) is 7.11 Å². The molecule has 0 saturated carbocycles. The van der Waals surface area contributed by atoms with E-state index in [1.54, 1.807) is 25.3 Å². The molecule has 0 radical (unpaired) electrons. The van der Waals surface area contributed by atoms with Gasteiger partial charge in [0.1, 0.15) is 5.75 Å². The first-order valence-corrected chi connectivity index (χ1v) is 5.97. The van der Waals surface area contributed by atoms with Gasteiger partial charge in [0, 0.05) is 0 Å². The van der Waals surface area contributed by atoms with Crippen LogP contribution in [0.5, 0.6) is 5.75 Å². The lowest BCUT2D eigenvalue weighted by molar-refractivity contribution is -0.130. The molecule has 0 unspecified atom stereocenters. The van der Waals surface area contributed by atoms with E-state index in [4.69, 9.17) is 13.9 Å². The first kappa shape index (κ1) is 12.2. The van der Waals surface area contributed by atoms with Gasteiger partial charge in [-0.1, -0.05) is 12.1 Å². The molecular weight excluding hydrogens is 258 g/mol. The summed E-state index contributed by atoms with van der Waals surface area (Å²) in [4.78, 5) is 15.9. The van der Waals surface area contributed by atoms with Crippen molar-refractivity contribution in [1.82, 2.24) is 0 Å². The highest BCUT2D eigenvalue weighted by Crippen LogP contribution is 2.20. The molecule has 1 aliphatic heterocycles. The lowest BCUT2D eigenvalue weighted by Gasteiger charge is -1.99. The predicted molar refractivity (Wildman–Crippen MR) is 72.3 cm³/mol. The van der Waals surface area contributed by atoms with Gasteiger partial charge in [-0.25, -0.2) is 9.79 Å². The second-order valence-corrected chi connectivity index (χ2v) is 4.09. The lowest BCUT2D eigenvalue weighted by Crippen LogP contribution is -2.04. The maximum atomic E-state index is 11.7. The number of hydrogen-bond acceptors (Lipinski definition) is 5. The Morgan fingerprint density at radius 2 is 2.00 bits per heavy atom. The van der Waals surface area contributed by atoms with Crippen LogP contribution < -0.4 is 4.74 Å². The number of carbonyl (C=O) groups is 1. The van der Waals surface area contributed by atoms with Crippen LogP contribution in [0.3, 0.4) is 0 Å². The molecule has 0 bridgehead atoms. The van der Waals surface area contributed by atoms with Crippen molar-refractivity contribution in [2.45, 2.75) is 0 Å². The normalized spacial score (nSPS) is 16.1. The Morgan fingerprint density at radius 1 is 1.20 bits per heavy atom. The minimum absolute atomic E-state index is 0.180. The molecule has 0 aliphatic carbocycles. The highest BCUT2D eigenvalue weighted by atomic mass is 16.6. The van der Waals surface area contributed by atoms with Gasteiger partial charge in [-0.3, -0.25) is 0 Å². The van der Waals surface area contributed by atoms with Gasteiger partial charge >= 0.3 is 5.97 Å². The minimum atomic E-state index is -0.493. The summed E-state index contributed by atoms with van der Waals surface area (Å²) < 4.78 is 15.3. The van der Waals surface area contributed by atoms with Crippen LogP contribution in [0.4, 0.5) is 0 Å². The molecule has 0 saturated heterocycles. The summed E-state index contributed by atoms with van der Waals surface area (Å²) in [5.41, 5.74) is 1.07. The van der Waals surface area contributed by atoms with Gasteiger partial charge in [0.25, 0.3) is 5.90 Å². The van der Waals surface area contributed by atoms with Crippen molar-refractivity contribution in [3.05, 3.63) is 59.7 Å². The molecule has 1 aromatic heterocycles. The van der Waals surface area contributed by atoms with Crippen molar-refractivity contribution in [3.8, 4) is 5.75 Å². The number of ether oxygens (including phenoxy) is 2. The maximum Gasteiger partial charge on any atom is 0.363 e. The fraction of sp³-hybridized carbons (Fsp3) is 0.0667. The van der Waals surface area contributed by atoms with Crippen LogP contribution >= 0.6 is 0 Å². The zero-order chi connectivity index (χ0) is 13.9. The SMILES string of the molecule is COc1ccc(/C=C2\N=C(c3ccco3)OC2=O)cc1. The molecule has 5 heteroatoms. The highest BCUT2D eigenvalue weighted by Gasteiger charge is 2.25. The quantitative estimate of drug-likeness (QED) is 0.634. The average Bonchev–Trinajstić information content (AvgIpc) is 3.10. The third-order valence-electron chi connectivity index (χ3n) is 2.77. The van der Waals surface area contributed by atoms with Crippen LogP contribution in [0.2, 0.25) is 0 Å². The van der Waals surface area contributed by atoms with Gasteiger partial charge in [-0.15, -0.1) is 0 Å². The number of benzene rings is 1. The van der Waals surface area contributed by atoms with E-state index in [2.05, 4.69) is 4.99 Å². The third kappa shape index (κ3) is 2.33. The number of esters is 1. The van der Waals surface area contributed by atoms with E-state index in [0.717, 1.165) is 11.3 Å². The number of cyclic esters (lactones) is 1. The first-order chi connectivity index (χ1) is 9.76. The van der Waals surface area contributed by atoms with Gasteiger partial charge in [-0.2, -0.15) is 0 Å². The van der Waals surface area contributed by atoms with Gasteiger partial charge in [0.2, 0.25) is 0 Å². The van der Waals surface area contributed by atoms with Gasteiger partial charge < -0.3 is 13.9 Å². The number of rotatable bonds is 3. The molecule has 20 heavy (non-hydrogen) atoms. The first-order valence-electron chi connectivity index (χ1n) is 5.97. The second kappa shape index (κ2) is 5.05. The molecular formula is C15H11NO4. The molecule has 1 aliphatic rings. The Morgan fingerprint density at radius 3 is 2.65 bits per heavy atom. The monoisotopic (exact) mass is 269 g/mol. The summed E-state index contributed by atoms with van der Waals surface area (Å²) in [5, 5.41) is 0. The lowest BCUT2D eigenvalue weighted by atomic mass is 10.2. The Kier molecular flexibility index (Phi) is 3.09. The molecule has 0 N–H and O–H groups in total. The highest BCUT2D eigenvalue weighted by molar-refractivity contribution is 6.11. The van der Waals surface area contributed by atoms with Crippen LogP contribution in [0.1, 0.15) is 11.3 Å². The maximum absolute atomic E-state index is 11.7. The van der Waals surface area contributed by atoms with Crippen molar-refractivity contribution >= 4 is 17.9 Å². The van der Waals surface area contributed by atoms with Gasteiger partial charge in [-0.05, 0) is 35.9 Å². The number of carbonyl (C=O) groups excluding carboxylic acids is 1. The second-order valence-electron chi connectivity index (χ2n) is 4.09. The number of nitrogens with zero attached hydrogens (tertiary/aromatic N) is 1. The summed E-state index contributed by atoms with van der Waals surface area (Å²) in [6.07, 6.45) is 3.15. The van der Waals surface area contributed by atoms with Crippen LogP contribution in [0.25, 0.3) is 6.08 Å². The Balaban J connectivity index is 1.88. The van der Waals surface area contributed by atoms with Gasteiger partial charge in [0.15, 0.2) is 11.5 Å². The number of furan rings is 1. The molecule has 3 rings (SSSR count). The van der Waals surface area contributed by atoms with Crippen LogP contribution in [-0.2, 0) is 9.53 Å². The molecule has 1 aromatic carbocycles. The van der Waals surface area contributed by atoms with Crippen molar-refractivity contribution < 1.29 is 18.7 Å². The fourth-order valence-corrected chi connectivity index (χ4v) is 1.77. The van der Waals surface area contributed by atoms with E-state index < -0.39 is 5.97 Å². The largest absolute Gasteiger partial charge is 0.497 e. The van der Waals surface area contributed by atoms with Crippen LogP contribution in [0.15, 0.2) is 57.8 Å². The molecule has 2 heterocycles. The third-order valence-corrected chi connectivity index (χ3v) is 2.77. The number of aliphatic imine (C=N–C) groups is 1. The summed E-state index contributed by atoms with van der Waals surface area (Å²) in [6, 6.07) is 10.7. The molecule has 100 valence electrons. The Hall–Kier alpha value is -2.82. The van der Waals surface area contributed by atoms with Gasteiger partial charge in [0.05, 0.1) is 13.4 Å². The molecule has 0 atom stereocenters. The standard InChI is InChI=1S/C15H11NO4/c1-18-11-6-4-10(5-7-11)9-12-15(17)20-14(16-12)13-3-2-8-19-13/h2-9H,1H3/b12-9-. The predicted octanol–water partition coefficient (Wildman–Crippen LogP) is 2.63. The zero-order valence-corrected chi connectivity index (χ0v) is 10.7. The van der Waals surface area contributed by atoms with E-state index in [1.807, 2.05) is 24.3 Å². The Bertz CT molecular complexity index is 681. The smallest absolute Gasteiger partial charge is 0.363 e. The van der Waals surface area contributed by atoms with Crippen molar-refractivity contribution in [2.24, 2.45) is 4.99 Å². The number of hydrogen-bond donors (Lipinski definition) is 0. The molecule has 5 nitrogen and oxygen atoms in total. The van der Waals surface area contributed by atoms with Crippen LogP contribution in [-0.4, -0.2) is 19.0 Å². The Labute approximate surface area is 115 Å². The summed E-state index contributed by atoms with van der Waals surface area (Å²) in [5.74, 6) is 0.865. The zero-order valence-electron chi connectivity index (χ0n) is 10.7. The molecule has 2 aromatic rings. The minimum Gasteiger partial charge on any atom is -0.497 e. The van der Waals surface area contributed by atoms with E-state index in [1.165, 1.54) is 6.26 Å². The number of methoxy groups -OCH3 is 1. The van der Waals surface area contributed by atoms with E-state index >= 15 is 0 Å². The molecule has 0 spiro atoms. The van der Waals surface area contributed by atoms with Crippen LogP contribution in [0, 0.1) is 0 Å². The van der Waals surface area contributed by atoms with E-state index in [9.17, 15) is 4.79 Å².